The number of hydrogen-bond donors (Lipinski definition) is 2. The van der Waals surface area contributed by atoms with Crippen LogP contribution < -0.4 is 0 Å². The second kappa shape index (κ2) is 8.33. The first-order chi connectivity index (χ1) is 9.48. The van der Waals surface area contributed by atoms with E-state index in [1.54, 1.807) is 12.1 Å². The van der Waals surface area contributed by atoms with Crippen LogP contribution in [0.2, 0.25) is 0 Å². The Morgan fingerprint density at radius 1 is 1.10 bits per heavy atom. The van der Waals surface area contributed by atoms with Crippen LogP contribution in [0.25, 0.3) is 0 Å². The minimum absolute atomic E-state index is 0.0655. The molecule has 0 amide bonds. The molecule has 0 heterocycles. The Morgan fingerprint density at radius 2 is 1.70 bits per heavy atom. The molecular formula is C13H20O6S. The Balaban J connectivity index is 2.45. The van der Waals surface area contributed by atoms with Gasteiger partial charge in [0.2, 0.25) is 9.84 Å². The molecule has 0 spiro atoms. The average Bonchev–Trinajstić information content (AvgIpc) is 2.43. The van der Waals surface area contributed by atoms with Gasteiger partial charge in [-0.05, 0) is 19.1 Å². The zero-order chi connectivity index (χ0) is 15.0. The van der Waals surface area contributed by atoms with Crippen LogP contribution in [0.5, 0.6) is 0 Å². The molecule has 1 unspecified atom stereocenters. The van der Waals surface area contributed by atoms with Crippen LogP contribution in [0.1, 0.15) is 5.56 Å². The molecule has 6 nitrogen and oxygen atoms in total. The van der Waals surface area contributed by atoms with E-state index in [2.05, 4.69) is 0 Å². The average molecular weight is 304 g/mol. The number of aliphatic hydroxyl groups excluding tert-OH is 2. The van der Waals surface area contributed by atoms with E-state index < -0.39 is 15.3 Å². The second-order valence-electron chi connectivity index (χ2n) is 4.22. The Labute approximate surface area is 118 Å². The first-order valence-electron chi connectivity index (χ1n) is 6.23. The van der Waals surface area contributed by atoms with E-state index in [1.165, 1.54) is 12.1 Å². The van der Waals surface area contributed by atoms with Crippen molar-refractivity contribution < 1.29 is 28.1 Å². The molecule has 7 heteroatoms. The maximum atomic E-state index is 12.0. The van der Waals surface area contributed by atoms with Crippen molar-refractivity contribution in [1.82, 2.24) is 0 Å². The summed E-state index contributed by atoms with van der Waals surface area (Å²) in [6.45, 7) is 2.04. The van der Waals surface area contributed by atoms with Crippen LogP contribution in [0.4, 0.5) is 0 Å². The van der Waals surface area contributed by atoms with Crippen molar-refractivity contribution in [3.8, 4) is 0 Å². The van der Waals surface area contributed by atoms with Gasteiger partial charge in [-0.2, -0.15) is 0 Å². The van der Waals surface area contributed by atoms with E-state index >= 15 is 0 Å². The standard InChI is InChI=1S/C13H20O6S/c1-11-2-4-12(5-3-11)20(16,17)13(15)10-19-9-8-18-7-6-14/h2-5,13-15H,6-10H2,1H3. The monoisotopic (exact) mass is 304 g/mol. The molecule has 0 aromatic heterocycles. The zero-order valence-electron chi connectivity index (χ0n) is 11.4. The van der Waals surface area contributed by atoms with Gasteiger partial charge in [-0.15, -0.1) is 0 Å². The first-order valence-corrected chi connectivity index (χ1v) is 7.78. The molecule has 0 bridgehead atoms. The smallest absolute Gasteiger partial charge is 0.207 e. The van der Waals surface area contributed by atoms with E-state index in [-0.39, 0.29) is 37.9 Å². The van der Waals surface area contributed by atoms with Gasteiger partial charge in [-0.1, -0.05) is 17.7 Å². The third-order valence-electron chi connectivity index (χ3n) is 2.58. The molecular weight excluding hydrogens is 284 g/mol. The van der Waals surface area contributed by atoms with Crippen LogP contribution in [0, 0.1) is 6.92 Å². The number of sulfone groups is 1. The molecule has 0 saturated carbocycles. The number of rotatable bonds is 9. The highest BCUT2D eigenvalue weighted by molar-refractivity contribution is 7.91. The minimum atomic E-state index is -3.80. The van der Waals surface area contributed by atoms with Gasteiger partial charge >= 0.3 is 0 Å². The Kier molecular flexibility index (Phi) is 7.11. The molecule has 1 aromatic carbocycles. The lowest BCUT2D eigenvalue weighted by Crippen LogP contribution is -2.27. The Hall–Kier alpha value is -0.990. The van der Waals surface area contributed by atoms with Crippen molar-refractivity contribution in [2.75, 3.05) is 33.0 Å². The van der Waals surface area contributed by atoms with Crippen LogP contribution >= 0.6 is 0 Å². The van der Waals surface area contributed by atoms with E-state index in [9.17, 15) is 13.5 Å². The summed E-state index contributed by atoms with van der Waals surface area (Å²) in [5, 5.41) is 18.2. The summed E-state index contributed by atoms with van der Waals surface area (Å²) in [6, 6.07) is 6.25. The molecule has 114 valence electrons. The van der Waals surface area contributed by atoms with Crippen molar-refractivity contribution in [1.29, 1.82) is 0 Å². The van der Waals surface area contributed by atoms with Gasteiger partial charge in [-0.25, -0.2) is 8.42 Å². The normalized spacial score (nSPS) is 13.3. The van der Waals surface area contributed by atoms with Crippen LogP contribution in [-0.4, -0.2) is 57.1 Å². The van der Waals surface area contributed by atoms with Crippen molar-refractivity contribution in [2.45, 2.75) is 17.3 Å². The zero-order valence-corrected chi connectivity index (χ0v) is 12.2. The highest BCUT2D eigenvalue weighted by Crippen LogP contribution is 2.15. The Morgan fingerprint density at radius 3 is 2.30 bits per heavy atom. The van der Waals surface area contributed by atoms with Gasteiger partial charge in [0.05, 0.1) is 37.9 Å². The van der Waals surface area contributed by atoms with Gasteiger partial charge in [0.15, 0.2) is 5.44 Å². The molecule has 0 radical (unpaired) electrons. The molecule has 20 heavy (non-hydrogen) atoms. The van der Waals surface area contributed by atoms with Crippen molar-refractivity contribution >= 4 is 9.84 Å². The molecule has 1 aromatic rings. The highest BCUT2D eigenvalue weighted by Gasteiger charge is 2.25. The fraction of sp³-hybridized carbons (Fsp3) is 0.538. The molecule has 1 rings (SSSR count). The third-order valence-corrected chi connectivity index (χ3v) is 4.36. The largest absolute Gasteiger partial charge is 0.394 e. The minimum Gasteiger partial charge on any atom is -0.394 e. The molecule has 0 aliphatic carbocycles. The van der Waals surface area contributed by atoms with Crippen molar-refractivity contribution in [2.24, 2.45) is 0 Å². The number of benzene rings is 1. The van der Waals surface area contributed by atoms with Gasteiger partial charge in [0.1, 0.15) is 0 Å². The fourth-order valence-electron chi connectivity index (χ4n) is 1.44. The summed E-state index contributed by atoms with van der Waals surface area (Å²) in [5.41, 5.74) is -0.668. The summed E-state index contributed by atoms with van der Waals surface area (Å²) < 4.78 is 34.0. The third kappa shape index (κ3) is 5.18. The number of ether oxygens (including phenoxy) is 2. The molecule has 0 fully saturated rings. The number of aliphatic hydroxyl groups is 2. The van der Waals surface area contributed by atoms with Gasteiger partial charge in [0, 0.05) is 0 Å². The van der Waals surface area contributed by atoms with E-state index in [1.807, 2.05) is 6.92 Å². The molecule has 1 atom stereocenters. The lowest BCUT2D eigenvalue weighted by atomic mass is 10.2. The second-order valence-corrected chi connectivity index (χ2v) is 6.33. The van der Waals surface area contributed by atoms with Crippen LogP contribution in [-0.2, 0) is 19.3 Å². The maximum absolute atomic E-state index is 12.0. The Bertz CT molecular complexity index is 482. The molecule has 0 aliphatic rings. The maximum Gasteiger partial charge on any atom is 0.207 e. The summed E-state index contributed by atoms with van der Waals surface area (Å²) in [4.78, 5) is 0.0655. The summed E-state index contributed by atoms with van der Waals surface area (Å²) in [5.74, 6) is 0. The lowest BCUT2D eigenvalue weighted by Gasteiger charge is -2.13. The molecule has 0 saturated heterocycles. The van der Waals surface area contributed by atoms with Crippen molar-refractivity contribution in [3.05, 3.63) is 29.8 Å². The predicted octanol–water partition coefficient (Wildman–Crippen LogP) is 0.113. The lowest BCUT2D eigenvalue weighted by molar-refractivity contribution is 0.0151. The quantitative estimate of drug-likeness (QED) is 0.629. The van der Waals surface area contributed by atoms with E-state index in [0.29, 0.717) is 0 Å². The summed E-state index contributed by atoms with van der Waals surface area (Å²) in [7, 11) is -3.80. The first kappa shape index (κ1) is 17.1. The number of aryl methyl sites for hydroxylation is 1. The fourth-order valence-corrected chi connectivity index (χ4v) is 2.55. The van der Waals surface area contributed by atoms with Crippen molar-refractivity contribution in [3.63, 3.8) is 0 Å². The number of hydrogen-bond acceptors (Lipinski definition) is 6. The van der Waals surface area contributed by atoms with Gasteiger partial charge < -0.3 is 19.7 Å². The van der Waals surface area contributed by atoms with Gasteiger partial charge in [0.25, 0.3) is 0 Å². The van der Waals surface area contributed by atoms with E-state index in [4.69, 9.17) is 14.6 Å². The highest BCUT2D eigenvalue weighted by atomic mass is 32.2. The van der Waals surface area contributed by atoms with Crippen LogP contribution in [0.3, 0.4) is 0 Å². The summed E-state index contributed by atoms with van der Waals surface area (Å²) in [6.07, 6.45) is 0. The molecule has 0 aliphatic heterocycles. The SMILES string of the molecule is Cc1ccc(S(=O)(=O)C(O)COCCOCCO)cc1. The van der Waals surface area contributed by atoms with Crippen LogP contribution in [0.15, 0.2) is 29.2 Å². The predicted molar refractivity (Wildman–Crippen MR) is 73.1 cm³/mol. The van der Waals surface area contributed by atoms with E-state index in [0.717, 1.165) is 5.56 Å². The summed E-state index contributed by atoms with van der Waals surface area (Å²) >= 11 is 0. The topological polar surface area (TPSA) is 93.1 Å². The van der Waals surface area contributed by atoms with Gasteiger partial charge in [-0.3, -0.25) is 0 Å². The molecule has 2 N–H and O–H groups in total.